The molecule has 0 fully saturated rings. The molecule has 2 unspecified atom stereocenters. The lowest BCUT2D eigenvalue weighted by molar-refractivity contribution is 0.119. The molecule has 1 aliphatic carbocycles. The first kappa shape index (κ1) is 18.9. The van der Waals surface area contributed by atoms with Crippen molar-refractivity contribution in [2.45, 2.75) is 65.4 Å². The van der Waals surface area contributed by atoms with E-state index in [0.29, 0.717) is 6.42 Å². The van der Waals surface area contributed by atoms with E-state index in [1.165, 1.54) is 16.7 Å². The second-order valence-electron chi connectivity index (χ2n) is 6.66. The van der Waals surface area contributed by atoms with Crippen molar-refractivity contribution in [3.63, 3.8) is 0 Å². The largest absolute Gasteiger partial charge is 0.392 e. The second-order valence-corrected chi connectivity index (χ2v) is 6.66. The Balaban J connectivity index is 2.93. The number of hydrogen-bond donors (Lipinski definition) is 2. The molecule has 2 atom stereocenters. The standard InChI is InChI=1S/C20H32O2/c1-15-7-5-9-16(2)11-12-19(18(4)14-21)20(22)13-17(3)10-6-8-15/h7,10-11,19-22H,4-6,8-9,12-14H2,1-3H3/b15-7+,16-11+,17-10+. The molecule has 0 saturated heterocycles. The summed E-state index contributed by atoms with van der Waals surface area (Å²) >= 11 is 0. The Labute approximate surface area is 135 Å². The molecule has 0 bridgehead atoms. The van der Waals surface area contributed by atoms with Crippen LogP contribution in [-0.2, 0) is 0 Å². The van der Waals surface area contributed by atoms with Gasteiger partial charge >= 0.3 is 0 Å². The van der Waals surface area contributed by atoms with Crippen molar-refractivity contribution in [2.75, 3.05) is 6.61 Å². The quantitative estimate of drug-likeness (QED) is 0.726. The maximum absolute atomic E-state index is 10.5. The van der Waals surface area contributed by atoms with Crippen molar-refractivity contribution in [3.8, 4) is 0 Å². The van der Waals surface area contributed by atoms with Crippen LogP contribution in [0, 0.1) is 5.92 Å². The Hall–Kier alpha value is -1.12. The Morgan fingerprint density at radius 1 is 1.05 bits per heavy atom. The number of rotatable bonds is 2. The second kappa shape index (κ2) is 9.81. The molecule has 0 aliphatic heterocycles. The predicted octanol–water partition coefficient (Wildman–Crippen LogP) is 4.71. The van der Waals surface area contributed by atoms with Gasteiger partial charge in [-0.05, 0) is 64.9 Å². The molecule has 2 nitrogen and oxygen atoms in total. The van der Waals surface area contributed by atoms with E-state index < -0.39 is 6.10 Å². The highest BCUT2D eigenvalue weighted by Gasteiger charge is 2.21. The average Bonchev–Trinajstić information content (AvgIpc) is 2.46. The van der Waals surface area contributed by atoms with E-state index in [1.807, 2.05) is 0 Å². The number of hydrogen-bond acceptors (Lipinski definition) is 2. The lowest BCUT2D eigenvalue weighted by Crippen LogP contribution is -2.23. The van der Waals surface area contributed by atoms with Gasteiger partial charge in [0.2, 0.25) is 0 Å². The topological polar surface area (TPSA) is 40.5 Å². The predicted molar refractivity (Wildman–Crippen MR) is 94.7 cm³/mol. The van der Waals surface area contributed by atoms with Gasteiger partial charge in [-0.1, -0.05) is 41.5 Å². The van der Waals surface area contributed by atoms with Gasteiger partial charge in [0.05, 0.1) is 12.7 Å². The Morgan fingerprint density at radius 3 is 2.18 bits per heavy atom. The smallest absolute Gasteiger partial charge is 0.0646 e. The normalized spacial score (nSPS) is 32.7. The molecule has 124 valence electrons. The third-order valence-electron chi connectivity index (χ3n) is 4.51. The van der Waals surface area contributed by atoms with Gasteiger partial charge in [-0.25, -0.2) is 0 Å². The van der Waals surface area contributed by atoms with Gasteiger partial charge in [-0.3, -0.25) is 0 Å². The molecule has 0 aromatic carbocycles. The Morgan fingerprint density at radius 2 is 1.59 bits per heavy atom. The van der Waals surface area contributed by atoms with Gasteiger partial charge in [-0.15, -0.1) is 0 Å². The molecule has 1 aliphatic rings. The van der Waals surface area contributed by atoms with Gasteiger partial charge in [0.1, 0.15) is 0 Å². The van der Waals surface area contributed by atoms with E-state index >= 15 is 0 Å². The summed E-state index contributed by atoms with van der Waals surface area (Å²) in [6.07, 6.45) is 11.9. The first-order valence-corrected chi connectivity index (χ1v) is 8.37. The van der Waals surface area contributed by atoms with Crippen molar-refractivity contribution in [2.24, 2.45) is 5.92 Å². The van der Waals surface area contributed by atoms with Crippen LogP contribution in [0.15, 0.2) is 47.1 Å². The van der Waals surface area contributed by atoms with Crippen LogP contribution in [0.25, 0.3) is 0 Å². The first-order chi connectivity index (χ1) is 10.4. The summed E-state index contributed by atoms with van der Waals surface area (Å²) < 4.78 is 0. The zero-order chi connectivity index (χ0) is 16.5. The van der Waals surface area contributed by atoms with Crippen molar-refractivity contribution >= 4 is 0 Å². The summed E-state index contributed by atoms with van der Waals surface area (Å²) in [4.78, 5) is 0. The summed E-state index contributed by atoms with van der Waals surface area (Å²) in [5, 5.41) is 19.9. The maximum atomic E-state index is 10.5. The lowest BCUT2D eigenvalue weighted by Gasteiger charge is -2.24. The van der Waals surface area contributed by atoms with E-state index in [-0.39, 0.29) is 12.5 Å². The van der Waals surface area contributed by atoms with E-state index in [0.717, 1.165) is 37.7 Å². The fourth-order valence-corrected chi connectivity index (χ4v) is 2.89. The molecular weight excluding hydrogens is 272 g/mol. The van der Waals surface area contributed by atoms with Gasteiger partial charge in [0, 0.05) is 5.92 Å². The van der Waals surface area contributed by atoms with Crippen molar-refractivity contribution in [1.82, 2.24) is 0 Å². The molecule has 22 heavy (non-hydrogen) atoms. The minimum atomic E-state index is -0.473. The average molecular weight is 304 g/mol. The van der Waals surface area contributed by atoms with Gasteiger partial charge in [-0.2, -0.15) is 0 Å². The van der Waals surface area contributed by atoms with E-state index in [9.17, 15) is 10.2 Å². The minimum Gasteiger partial charge on any atom is -0.392 e. The van der Waals surface area contributed by atoms with E-state index in [4.69, 9.17) is 0 Å². The zero-order valence-electron chi connectivity index (χ0n) is 14.4. The minimum absolute atomic E-state index is 0.0562. The van der Waals surface area contributed by atoms with Crippen LogP contribution >= 0.6 is 0 Å². The van der Waals surface area contributed by atoms with Crippen molar-refractivity contribution in [3.05, 3.63) is 47.1 Å². The Bertz CT molecular complexity index is 454. The number of allylic oxidation sites excluding steroid dienone is 5. The first-order valence-electron chi connectivity index (χ1n) is 8.37. The highest BCUT2D eigenvalue weighted by molar-refractivity contribution is 5.13. The van der Waals surface area contributed by atoms with Gasteiger partial charge in [0.25, 0.3) is 0 Å². The van der Waals surface area contributed by atoms with Crippen LogP contribution < -0.4 is 0 Å². The third kappa shape index (κ3) is 6.76. The van der Waals surface area contributed by atoms with E-state index in [1.54, 1.807) is 0 Å². The highest BCUT2D eigenvalue weighted by Crippen LogP contribution is 2.25. The van der Waals surface area contributed by atoms with Crippen molar-refractivity contribution < 1.29 is 10.2 Å². The molecule has 0 radical (unpaired) electrons. The molecular formula is C20H32O2. The van der Waals surface area contributed by atoms with Crippen LogP contribution in [0.4, 0.5) is 0 Å². The van der Waals surface area contributed by atoms with E-state index in [2.05, 4.69) is 45.6 Å². The molecule has 0 spiro atoms. The SMILES string of the molecule is C=C(CO)C1C/C=C(\C)CC/C=C(\C)CC/C=C(\C)CC1O. The summed E-state index contributed by atoms with van der Waals surface area (Å²) in [5.41, 5.74) is 4.73. The molecule has 0 saturated carbocycles. The van der Waals surface area contributed by atoms with Gasteiger partial charge in [0.15, 0.2) is 0 Å². The van der Waals surface area contributed by atoms with Crippen LogP contribution in [0.5, 0.6) is 0 Å². The summed E-state index contributed by atoms with van der Waals surface area (Å²) in [5.74, 6) is -0.0662. The van der Waals surface area contributed by atoms with Crippen LogP contribution in [0.3, 0.4) is 0 Å². The highest BCUT2D eigenvalue weighted by atomic mass is 16.3. The molecule has 0 amide bonds. The molecule has 2 N–H and O–H groups in total. The van der Waals surface area contributed by atoms with Crippen LogP contribution in [0.2, 0.25) is 0 Å². The zero-order valence-corrected chi connectivity index (χ0v) is 14.4. The molecule has 2 heteroatoms. The molecule has 0 heterocycles. The monoisotopic (exact) mass is 304 g/mol. The fourth-order valence-electron chi connectivity index (χ4n) is 2.89. The third-order valence-corrected chi connectivity index (χ3v) is 4.51. The lowest BCUT2D eigenvalue weighted by atomic mass is 9.86. The molecule has 0 aromatic heterocycles. The summed E-state index contributed by atoms with van der Waals surface area (Å²) in [6, 6.07) is 0. The van der Waals surface area contributed by atoms with Crippen LogP contribution in [0.1, 0.15) is 59.3 Å². The molecule has 1 rings (SSSR count). The number of aliphatic hydroxyl groups is 2. The Kier molecular flexibility index (Phi) is 8.44. The van der Waals surface area contributed by atoms with Gasteiger partial charge < -0.3 is 10.2 Å². The summed E-state index contributed by atoms with van der Waals surface area (Å²) in [6.45, 7) is 10.3. The number of aliphatic hydroxyl groups excluding tert-OH is 2. The fraction of sp³-hybridized carbons (Fsp3) is 0.600. The molecule has 0 aromatic rings. The maximum Gasteiger partial charge on any atom is 0.0646 e. The van der Waals surface area contributed by atoms with Crippen LogP contribution in [-0.4, -0.2) is 22.9 Å². The summed E-state index contributed by atoms with van der Waals surface area (Å²) in [7, 11) is 0. The van der Waals surface area contributed by atoms with Crippen molar-refractivity contribution in [1.29, 1.82) is 0 Å².